The Balaban J connectivity index is 1.51. The summed E-state index contributed by atoms with van der Waals surface area (Å²) in [6.07, 6.45) is 5.55. The van der Waals surface area contributed by atoms with Crippen molar-refractivity contribution in [2.45, 2.75) is 66.2 Å². The summed E-state index contributed by atoms with van der Waals surface area (Å²) < 4.78 is 6.48. The van der Waals surface area contributed by atoms with Crippen molar-refractivity contribution >= 4 is 39.3 Å². The Bertz CT molecular complexity index is 2330. The molecule has 0 amide bonds. The maximum atomic E-state index is 12.0. The fraction of sp³-hybridized carbons (Fsp3) is 0.238. The van der Waals surface area contributed by atoms with E-state index in [0.717, 1.165) is 50.4 Å². The molecule has 0 aliphatic carbocycles. The first kappa shape index (κ1) is 32.0. The van der Waals surface area contributed by atoms with Crippen LogP contribution < -0.4 is 4.90 Å². The molecule has 0 atom stereocenters. The van der Waals surface area contributed by atoms with Gasteiger partial charge >= 0.3 is 0 Å². The largest absolute Gasteiger partial charge is 0.507 e. The van der Waals surface area contributed by atoms with Gasteiger partial charge in [-0.3, -0.25) is 9.88 Å². The minimum absolute atomic E-state index is 0.169. The molecule has 246 valence electrons. The highest BCUT2D eigenvalue weighted by molar-refractivity contribution is 6.07. The lowest BCUT2D eigenvalue weighted by atomic mass is 9.78. The Morgan fingerprint density at radius 2 is 1.49 bits per heavy atom. The lowest BCUT2D eigenvalue weighted by Gasteiger charge is -2.28. The van der Waals surface area contributed by atoms with Crippen molar-refractivity contribution in [1.29, 1.82) is 0 Å². The number of aryl methyl sites for hydroxylation is 2. The van der Waals surface area contributed by atoms with Gasteiger partial charge in [0.15, 0.2) is 11.4 Å². The predicted molar refractivity (Wildman–Crippen MR) is 199 cm³/mol. The molecule has 0 saturated heterocycles. The number of pyridine rings is 2. The first-order valence-electron chi connectivity index (χ1n) is 16.6. The summed E-state index contributed by atoms with van der Waals surface area (Å²) in [6.45, 7) is 17.0. The fourth-order valence-corrected chi connectivity index (χ4v) is 6.42. The number of benzene rings is 3. The van der Waals surface area contributed by atoms with Crippen LogP contribution >= 0.6 is 0 Å². The van der Waals surface area contributed by atoms with Crippen molar-refractivity contribution in [1.82, 2.24) is 19.9 Å². The van der Waals surface area contributed by atoms with Gasteiger partial charge in [-0.25, -0.2) is 15.0 Å². The first-order chi connectivity index (χ1) is 23.3. The standard InChI is InChI=1S/C42H41N5O2/c1-25-23-43-24-26(2)37(25)47(34-18-11-12-19-44-34)29-15-13-14-27(20-29)40-45-35-30-16-9-10-17-33(30)49-39(35)36(46-40)31-21-28(41(3,4)5)22-32(38(31)48)42(6,7)8/h9-24,48H,1-8H3. The molecular formula is C42H41N5O2. The summed E-state index contributed by atoms with van der Waals surface area (Å²) >= 11 is 0. The van der Waals surface area contributed by atoms with E-state index in [9.17, 15) is 5.11 Å². The molecule has 7 nitrogen and oxygen atoms in total. The van der Waals surface area contributed by atoms with E-state index in [0.29, 0.717) is 33.8 Å². The number of aromatic nitrogens is 4. The van der Waals surface area contributed by atoms with E-state index in [2.05, 4.69) is 89.5 Å². The van der Waals surface area contributed by atoms with E-state index in [-0.39, 0.29) is 16.6 Å². The number of aromatic hydroxyl groups is 1. The predicted octanol–water partition coefficient (Wildman–Crippen LogP) is 10.9. The quantitative estimate of drug-likeness (QED) is 0.199. The zero-order valence-electron chi connectivity index (χ0n) is 29.3. The van der Waals surface area contributed by atoms with Crippen LogP contribution in [0.2, 0.25) is 0 Å². The van der Waals surface area contributed by atoms with E-state index in [1.165, 1.54) is 0 Å². The Kier molecular flexibility index (Phi) is 7.74. The number of hydrogen-bond donors (Lipinski definition) is 1. The maximum absolute atomic E-state index is 12.0. The Hall–Kier alpha value is -5.56. The molecule has 0 fully saturated rings. The number of hydrogen-bond acceptors (Lipinski definition) is 7. The van der Waals surface area contributed by atoms with Gasteiger partial charge in [0.25, 0.3) is 0 Å². The molecule has 0 radical (unpaired) electrons. The van der Waals surface area contributed by atoms with E-state index in [1.54, 1.807) is 6.20 Å². The fourth-order valence-electron chi connectivity index (χ4n) is 6.42. The van der Waals surface area contributed by atoms with Crippen LogP contribution in [0.15, 0.2) is 102 Å². The van der Waals surface area contributed by atoms with Gasteiger partial charge in [-0.15, -0.1) is 0 Å². The number of fused-ring (bicyclic) bond motifs is 3. The van der Waals surface area contributed by atoms with E-state index >= 15 is 0 Å². The topological polar surface area (TPSA) is 88.2 Å². The molecule has 1 N–H and O–H groups in total. The van der Waals surface area contributed by atoms with Gasteiger partial charge in [-0.05, 0) is 83.8 Å². The molecule has 0 aliphatic heterocycles. The molecule has 0 bridgehead atoms. The van der Waals surface area contributed by atoms with E-state index in [1.807, 2.05) is 67.0 Å². The second-order valence-corrected chi connectivity index (χ2v) is 14.8. The zero-order chi connectivity index (χ0) is 34.7. The molecule has 4 heterocycles. The van der Waals surface area contributed by atoms with Gasteiger partial charge in [0.1, 0.15) is 28.4 Å². The van der Waals surface area contributed by atoms with Crippen molar-refractivity contribution < 1.29 is 9.52 Å². The molecule has 0 unspecified atom stereocenters. The Labute approximate surface area is 287 Å². The van der Waals surface area contributed by atoms with Gasteiger partial charge in [0, 0.05) is 46.4 Å². The monoisotopic (exact) mass is 647 g/mol. The van der Waals surface area contributed by atoms with Gasteiger partial charge in [-0.1, -0.05) is 77.9 Å². The van der Waals surface area contributed by atoms with E-state index < -0.39 is 0 Å². The first-order valence-corrected chi connectivity index (χ1v) is 16.6. The third kappa shape index (κ3) is 5.79. The summed E-state index contributed by atoms with van der Waals surface area (Å²) in [6, 6.07) is 26.2. The molecule has 0 aliphatic rings. The Morgan fingerprint density at radius 1 is 0.755 bits per heavy atom. The highest BCUT2D eigenvalue weighted by Gasteiger charge is 2.29. The van der Waals surface area contributed by atoms with Gasteiger partial charge in [0.2, 0.25) is 0 Å². The summed E-state index contributed by atoms with van der Waals surface area (Å²) in [5.41, 5.74) is 9.42. The van der Waals surface area contributed by atoms with Crippen molar-refractivity contribution in [3.8, 4) is 28.4 Å². The minimum Gasteiger partial charge on any atom is -0.507 e. The number of phenols is 1. The van der Waals surface area contributed by atoms with Crippen molar-refractivity contribution in [3.05, 3.63) is 120 Å². The molecule has 7 aromatic rings. The molecule has 0 spiro atoms. The van der Waals surface area contributed by atoms with Crippen LogP contribution in [0, 0.1) is 13.8 Å². The van der Waals surface area contributed by atoms with Crippen LogP contribution in [0.3, 0.4) is 0 Å². The van der Waals surface area contributed by atoms with Crippen molar-refractivity contribution in [3.63, 3.8) is 0 Å². The second kappa shape index (κ2) is 11.8. The SMILES string of the molecule is Cc1cncc(C)c1N(c1cccc(-c2nc(-c3cc(C(C)(C)C)cc(C(C)(C)C)c3O)c3oc4ccccc4c3n2)c1)c1ccccn1. The summed E-state index contributed by atoms with van der Waals surface area (Å²) in [4.78, 5) is 21.7. The normalized spacial score (nSPS) is 12.2. The van der Waals surface area contributed by atoms with Crippen LogP contribution in [0.25, 0.3) is 44.7 Å². The lowest BCUT2D eigenvalue weighted by Crippen LogP contribution is -2.17. The van der Waals surface area contributed by atoms with E-state index in [4.69, 9.17) is 19.4 Å². The second-order valence-electron chi connectivity index (χ2n) is 14.8. The van der Waals surface area contributed by atoms with Crippen LogP contribution in [-0.4, -0.2) is 25.0 Å². The van der Waals surface area contributed by atoms with Crippen LogP contribution in [-0.2, 0) is 10.8 Å². The zero-order valence-corrected chi connectivity index (χ0v) is 29.3. The number of para-hydroxylation sites is 1. The molecule has 7 heteroatoms. The third-order valence-electron chi connectivity index (χ3n) is 9.01. The number of rotatable bonds is 5. The molecule has 3 aromatic carbocycles. The highest BCUT2D eigenvalue weighted by atomic mass is 16.3. The number of anilines is 3. The van der Waals surface area contributed by atoms with Crippen LogP contribution in [0.1, 0.15) is 63.8 Å². The highest BCUT2D eigenvalue weighted by Crippen LogP contribution is 2.45. The number of furan rings is 1. The summed E-state index contributed by atoms with van der Waals surface area (Å²) in [5.74, 6) is 1.51. The lowest BCUT2D eigenvalue weighted by molar-refractivity contribution is 0.446. The van der Waals surface area contributed by atoms with Crippen molar-refractivity contribution in [2.75, 3.05) is 4.90 Å². The average molecular weight is 648 g/mol. The maximum Gasteiger partial charge on any atom is 0.180 e. The van der Waals surface area contributed by atoms with Gasteiger partial charge in [0.05, 0.1) is 5.69 Å². The summed E-state index contributed by atoms with van der Waals surface area (Å²) in [5, 5.41) is 12.9. The van der Waals surface area contributed by atoms with Crippen molar-refractivity contribution in [2.24, 2.45) is 0 Å². The summed E-state index contributed by atoms with van der Waals surface area (Å²) in [7, 11) is 0. The smallest absolute Gasteiger partial charge is 0.180 e. The third-order valence-corrected chi connectivity index (χ3v) is 9.01. The molecule has 49 heavy (non-hydrogen) atoms. The molecular weight excluding hydrogens is 606 g/mol. The van der Waals surface area contributed by atoms with Crippen LogP contribution in [0.4, 0.5) is 17.2 Å². The number of nitrogens with zero attached hydrogens (tertiary/aromatic N) is 5. The molecule has 0 saturated carbocycles. The molecule has 7 rings (SSSR count). The van der Waals surface area contributed by atoms with Gasteiger partial charge in [-0.2, -0.15) is 0 Å². The average Bonchev–Trinajstić information content (AvgIpc) is 3.44. The Morgan fingerprint density at radius 3 is 2.18 bits per heavy atom. The van der Waals surface area contributed by atoms with Crippen LogP contribution in [0.5, 0.6) is 5.75 Å². The minimum atomic E-state index is -0.310. The number of phenolic OH excluding ortho intramolecular Hbond substituents is 1. The molecule has 4 aromatic heterocycles. The van der Waals surface area contributed by atoms with Gasteiger partial charge < -0.3 is 9.52 Å².